The van der Waals surface area contributed by atoms with Crippen LogP contribution in [0.4, 0.5) is 0 Å². The van der Waals surface area contributed by atoms with Gasteiger partial charge in [-0.1, -0.05) is 19.1 Å². The average Bonchev–Trinajstić information content (AvgIpc) is 2.89. The Hall–Kier alpha value is -1.72. The van der Waals surface area contributed by atoms with E-state index in [2.05, 4.69) is 24.0 Å². The Balaban J connectivity index is 2.05. The molecule has 2 aromatic rings. The number of carbonyl (C=O) groups is 1. The zero-order valence-corrected chi connectivity index (χ0v) is 13.3. The number of aryl methyl sites for hydroxylation is 1. The maximum absolute atomic E-state index is 11.6. The molecule has 0 aliphatic heterocycles. The Bertz CT molecular complexity index is 604. The lowest BCUT2D eigenvalue weighted by atomic mass is 10.2. The average molecular weight is 305 g/mol. The number of nitrogens with zero attached hydrogens (tertiary/aromatic N) is 1. The maximum atomic E-state index is 11.6. The molecule has 0 N–H and O–H groups in total. The summed E-state index contributed by atoms with van der Waals surface area (Å²) in [6.45, 7) is 4.36. The number of ether oxygens (including phenoxy) is 2. The number of hydrogen-bond acceptors (Lipinski definition) is 5. The quantitative estimate of drug-likeness (QED) is 0.733. The molecule has 0 saturated heterocycles. The van der Waals surface area contributed by atoms with Crippen LogP contribution in [0.25, 0.3) is 0 Å². The van der Waals surface area contributed by atoms with Crippen molar-refractivity contribution in [3.05, 3.63) is 45.4 Å². The first kappa shape index (κ1) is 15.7. The van der Waals surface area contributed by atoms with E-state index in [0.29, 0.717) is 23.8 Å². The van der Waals surface area contributed by atoms with Gasteiger partial charge in [0.1, 0.15) is 17.4 Å². The van der Waals surface area contributed by atoms with Crippen LogP contribution >= 0.6 is 11.3 Å². The highest BCUT2D eigenvalue weighted by molar-refractivity contribution is 7.13. The van der Waals surface area contributed by atoms with E-state index in [1.165, 1.54) is 16.9 Å². The molecule has 1 heterocycles. The number of rotatable bonds is 7. The third-order valence-electron chi connectivity index (χ3n) is 3.04. The molecule has 21 heavy (non-hydrogen) atoms. The number of carbonyl (C=O) groups excluding carboxylic acids is 1. The summed E-state index contributed by atoms with van der Waals surface area (Å²) in [5.41, 5.74) is 1.97. The molecule has 0 spiro atoms. The minimum absolute atomic E-state index is 0.0121. The van der Waals surface area contributed by atoms with E-state index in [4.69, 9.17) is 9.47 Å². The molecule has 0 saturated carbocycles. The summed E-state index contributed by atoms with van der Waals surface area (Å²) in [7, 11) is 1.59. The molecule has 112 valence electrons. The molecule has 0 radical (unpaired) electrons. The Labute approximate surface area is 128 Å². The number of ketones is 1. The van der Waals surface area contributed by atoms with Crippen molar-refractivity contribution >= 4 is 17.1 Å². The molecule has 1 aromatic carbocycles. The van der Waals surface area contributed by atoms with Crippen LogP contribution in [0.2, 0.25) is 0 Å². The van der Waals surface area contributed by atoms with Gasteiger partial charge in [0.05, 0.1) is 17.2 Å². The Kier molecular flexibility index (Phi) is 5.47. The third-order valence-corrected chi connectivity index (χ3v) is 4.21. The minimum Gasteiger partial charge on any atom is -0.486 e. The fourth-order valence-electron chi connectivity index (χ4n) is 1.94. The Morgan fingerprint density at radius 1 is 1.24 bits per heavy atom. The van der Waals surface area contributed by atoms with E-state index in [1.807, 2.05) is 12.1 Å². The number of Topliss-reactive ketones (excluding diaryl/α,β-unsaturated/α-hetero) is 1. The van der Waals surface area contributed by atoms with Crippen LogP contribution in [0, 0.1) is 0 Å². The van der Waals surface area contributed by atoms with Gasteiger partial charge in [-0.05, 0) is 24.1 Å². The second-order valence-electron chi connectivity index (χ2n) is 4.66. The van der Waals surface area contributed by atoms with Crippen LogP contribution in [0.1, 0.15) is 39.8 Å². The summed E-state index contributed by atoms with van der Waals surface area (Å²) >= 11 is 1.37. The van der Waals surface area contributed by atoms with Gasteiger partial charge in [0.15, 0.2) is 5.78 Å². The summed E-state index contributed by atoms with van der Waals surface area (Å²) in [5, 5.41) is 0.784. The van der Waals surface area contributed by atoms with Crippen molar-refractivity contribution in [1.82, 2.24) is 4.98 Å². The van der Waals surface area contributed by atoms with Gasteiger partial charge < -0.3 is 9.47 Å². The molecule has 0 aliphatic carbocycles. The lowest BCUT2D eigenvalue weighted by Gasteiger charge is -2.04. The van der Waals surface area contributed by atoms with Gasteiger partial charge in [-0.25, -0.2) is 4.98 Å². The van der Waals surface area contributed by atoms with Crippen molar-refractivity contribution < 1.29 is 14.3 Å². The van der Waals surface area contributed by atoms with Gasteiger partial charge in [-0.2, -0.15) is 0 Å². The van der Waals surface area contributed by atoms with Crippen molar-refractivity contribution in [3.63, 3.8) is 0 Å². The van der Waals surface area contributed by atoms with Crippen LogP contribution in [-0.2, 0) is 24.4 Å². The highest BCUT2D eigenvalue weighted by Crippen LogP contribution is 2.22. The molecule has 0 atom stereocenters. The van der Waals surface area contributed by atoms with Crippen LogP contribution < -0.4 is 4.74 Å². The van der Waals surface area contributed by atoms with E-state index in [1.54, 1.807) is 14.0 Å². The zero-order chi connectivity index (χ0) is 15.2. The molecule has 0 amide bonds. The molecule has 0 bridgehead atoms. The molecule has 0 fully saturated rings. The van der Waals surface area contributed by atoms with Crippen LogP contribution in [0.5, 0.6) is 5.75 Å². The monoisotopic (exact) mass is 305 g/mol. The van der Waals surface area contributed by atoms with Gasteiger partial charge in [0.25, 0.3) is 0 Å². The normalized spacial score (nSPS) is 10.6. The number of aromatic nitrogens is 1. The predicted molar refractivity (Wildman–Crippen MR) is 83.0 cm³/mol. The molecule has 0 aliphatic rings. The van der Waals surface area contributed by atoms with Crippen LogP contribution in [0.3, 0.4) is 0 Å². The highest BCUT2D eigenvalue weighted by atomic mass is 32.1. The Morgan fingerprint density at radius 2 is 1.95 bits per heavy atom. The summed E-state index contributed by atoms with van der Waals surface area (Å²) in [6.07, 6.45) is 1.01. The fourth-order valence-corrected chi connectivity index (χ4v) is 2.81. The number of thiazole rings is 1. The first-order valence-electron chi connectivity index (χ1n) is 6.84. The second-order valence-corrected chi connectivity index (χ2v) is 5.74. The van der Waals surface area contributed by atoms with Gasteiger partial charge in [0.2, 0.25) is 0 Å². The first-order valence-corrected chi connectivity index (χ1v) is 7.65. The smallest absolute Gasteiger partial charge is 0.171 e. The van der Waals surface area contributed by atoms with Crippen molar-refractivity contribution in [3.8, 4) is 5.75 Å². The summed E-state index contributed by atoms with van der Waals surface area (Å²) < 4.78 is 10.8. The molecule has 4 nitrogen and oxygen atoms in total. The van der Waals surface area contributed by atoms with Crippen molar-refractivity contribution in [2.24, 2.45) is 0 Å². The topological polar surface area (TPSA) is 48.4 Å². The lowest BCUT2D eigenvalue weighted by Crippen LogP contribution is -1.98. The van der Waals surface area contributed by atoms with E-state index in [-0.39, 0.29) is 5.78 Å². The molecular formula is C16H19NO3S. The molecule has 1 aromatic heterocycles. The van der Waals surface area contributed by atoms with Crippen molar-refractivity contribution in [2.45, 2.75) is 33.5 Å². The van der Waals surface area contributed by atoms with E-state index in [0.717, 1.165) is 17.2 Å². The second kappa shape index (κ2) is 7.33. The lowest BCUT2D eigenvalue weighted by molar-refractivity contribution is 0.101. The SMILES string of the molecule is CCc1ccc(OCc2nc(COC)c(C(C)=O)s2)cc1. The zero-order valence-electron chi connectivity index (χ0n) is 12.5. The Morgan fingerprint density at radius 3 is 2.52 bits per heavy atom. The minimum atomic E-state index is 0.0121. The van der Waals surface area contributed by atoms with Crippen molar-refractivity contribution in [1.29, 1.82) is 0 Å². The standard InChI is InChI=1S/C16H19NO3S/c1-4-12-5-7-13(8-6-12)20-10-15-17-14(9-19-3)16(21-15)11(2)18/h5-8H,4,9-10H2,1-3H3. The summed E-state index contributed by atoms with van der Waals surface area (Å²) in [4.78, 5) is 16.6. The van der Waals surface area contributed by atoms with Crippen LogP contribution in [-0.4, -0.2) is 17.9 Å². The van der Waals surface area contributed by atoms with E-state index in [9.17, 15) is 4.79 Å². The van der Waals surface area contributed by atoms with Gasteiger partial charge in [-0.3, -0.25) is 4.79 Å². The number of benzene rings is 1. The van der Waals surface area contributed by atoms with Gasteiger partial charge >= 0.3 is 0 Å². The number of hydrogen-bond donors (Lipinski definition) is 0. The summed E-state index contributed by atoms with van der Waals surface area (Å²) in [6, 6.07) is 8.01. The summed E-state index contributed by atoms with van der Waals surface area (Å²) in [5.74, 6) is 0.818. The van der Waals surface area contributed by atoms with Gasteiger partial charge in [0, 0.05) is 14.0 Å². The third kappa shape index (κ3) is 4.12. The highest BCUT2D eigenvalue weighted by Gasteiger charge is 2.15. The molecule has 2 rings (SSSR count). The molecular weight excluding hydrogens is 286 g/mol. The fraction of sp³-hybridized carbons (Fsp3) is 0.375. The van der Waals surface area contributed by atoms with Crippen LogP contribution in [0.15, 0.2) is 24.3 Å². The van der Waals surface area contributed by atoms with E-state index >= 15 is 0 Å². The first-order chi connectivity index (χ1) is 10.1. The molecule has 0 unspecified atom stereocenters. The largest absolute Gasteiger partial charge is 0.486 e. The maximum Gasteiger partial charge on any atom is 0.171 e. The van der Waals surface area contributed by atoms with Crippen molar-refractivity contribution in [2.75, 3.05) is 7.11 Å². The predicted octanol–water partition coefficient (Wildman–Crippen LogP) is 3.63. The van der Waals surface area contributed by atoms with E-state index < -0.39 is 0 Å². The van der Waals surface area contributed by atoms with Gasteiger partial charge in [-0.15, -0.1) is 11.3 Å². The molecule has 5 heteroatoms. The number of methoxy groups -OCH3 is 1.